The van der Waals surface area contributed by atoms with Crippen molar-refractivity contribution in [2.45, 2.75) is 38.0 Å². The van der Waals surface area contributed by atoms with Gasteiger partial charge >= 0.3 is 6.03 Å². The molecule has 0 aliphatic heterocycles. The molecule has 0 unspecified atom stereocenters. The third kappa shape index (κ3) is 5.87. The van der Waals surface area contributed by atoms with Crippen molar-refractivity contribution in [3.8, 4) is 0 Å². The zero-order valence-corrected chi connectivity index (χ0v) is 12.5. The van der Waals surface area contributed by atoms with Gasteiger partial charge in [-0.25, -0.2) is 4.79 Å². The second-order valence-electron chi connectivity index (χ2n) is 4.33. The number of carbonyl (C=O) groups is 1. The molecule has 0 bridgehead atoms. The third-order valence-electron chi connectivity index (χ3n) is 2.56. The Morgan fingerprint density at radius 1 is 1.32 bits per heavy atom. The molecule has 106 valence electrons. The first-order valence-corrected chi connectivity index (χ1v) is 7.73. The molecule has 0 saturated heterocycles. The molecule has 5 heteroatoms. The number of benzene rings is 1. The van der Waals surface area contributed by atoms with E-state index in [2.05, 4.69) is 24.5 Å². The van der Waals surface area contributed by atoms with Crippen LogP contribution in [0.3, 0.4) is 0 Å². The summed E-state index contributed by atoms with van der Waals surface area (Å²) in [4.78, 5) is 12.8. The Balaban J connectivity index is 2.58. The highest BCUT2D eigenvalue weighted by atomic mass is 32.2. The average Bonchev–Trinajstić information content (AvgIpc) is 2.40. The summed E-state index contributed by atoms with van der Waals surface area (Å²) in [5.74, 6) is 1.06. The Labute approximate surface area is 119 Å². The molecule has 0 aliphatic carbocycles. The van der Waals surface area contributed by atoms with Crippen LogP contribution in [0, 0.1) is 0 Å². The number of carbonyl (C=O) groups excluding carboxylic acids is 1. The summed E-state index contributed by atoms with van der Waals surface area (Å²) in [6.45, 7) is 4.92. The summed E-state index contributed by atoms with van der Waals surface area (Å²) in [7, 11) is 0. The number of thioether (sulfide) groups is 1. The zero-order valence-electron chi connectivity index (χ0n) is 11.7. The van der Waals surface area contributed by atoms with Crippen molar-refractivity contribution in [2.24, 2.45) is 0 Å². The standard InChI is InChI=1S/C14H23N3OS/c1-3-5-8-16-14(18)17-13-10-11(19-9-4-2)6-7-12(13)15/h6-7,10H,3-5,8-9,15H2,1-2H3,(H2,16,17,18). The maximum Gasteiger partial charge on any atom is 0.319 e. The van der Waals surface area contributed by atoms with E-state index >= 15 is 0 Å². The van der Waals surface area contributed by atoms with Gasteiger partial charge in [0.2, 0.25) is 0 Å². The van der Waals surface area contributed by atoms with Gasteiger partial charge in [-0.3, -0.25) is 0 Å². The quantitative estimate of drug-likeness (QED) is 0.405. The van der Waals surface area contributed by atoms with Crippen LogP contribution in [0.15, 0.2) is 23.1 Å². The number of rotatable bonds is 7. The van der Waals surface area contributed by atoms with E-state index in [1.165, 1.54) is 0 Å². The van der Waals surface area contributed by atoms with Gasteiger partial charge in [0, 0.05) is 11.4 Å². The number of nitrogens with two attached hydrogens (primary N) is 1. The van der Waals surface area contributed by atoms with Crippen LogP contribution in [-0.4, -0.2) is 18.3 Å². The van der Waals surface area contributed by atoms with Gasteiger partial charge in [0.15, 0.2) is 0 Å². The second-order valence-corrected chi connectivity index (χ2v) is 5.50. The average molecular weight is 281 g/mol. The molecule has 0 heterocycles. The number of hydrogen-bond donors (Lipinski definition) is 3. The number of unbranched alkanes of at least 4 members (excludes halogenated alkanes) is 1. The highest BCUT2D eigenvalue weighted by Crippen LogP contribution is 2.26. The molecule has 0 aromatic heterocycles. The van der Waals surface area contributed by atoms with Crippen LogP contribution in [0.4, 0.5) is 16.2 Å². The second kappa shape index (κ2) is 8.69. The van der Waals surface area contributed by atoms with E-state index in [-0.39, 0.29) is 6.03 Å². The largest absolute Gasteiger partial charge is 0.397 e. The fourth-order valence-corrected chi connectivity index (χ4v) is 2.30. The normalized spacial score (nSPS) is 10.2. The number of hydrogen-bond acceptors (Lipinski definition) is 3. The van der Waals surface area contributed by atoms with Gasteiger partial charge in [-0.1, -0.05) is 20.3 Å². The SMILES string of the molecule is CCCCNC(=O)Nc1cc(SCCC)ccc1N. The van der Waals surface area contributed by atoms with E-state index in [1.54, 1.807) is 11.8 Å². The van der Waals surface area contributed by atoms with Gasteiger partial charge in [-0.2, -0.15) is 0 Å². The molecular formula is C14H23N3OS. The van der Waals surface area contributed by atoms with Crippen LogP contribution in [-0.2, 0) is 0 Å². The first kappa shape index (κ1) is 15.7. The summed E-state index contributed by atoms with van der Waals surface area (Å²) in [6, 6.07) is 5.54. The molecule has 4 N–H and O–H groups in total. The van der Waals surface area contributed by atoms with Gasteiger partial charge in [0.05, 0.1) is 11.4 Å². The third-order valence-corrected chi connectivity index (χ3v) is 3.76. The molecule has 1 aromatic carbocycles. The van der Waals surface area contributed by atoms with Crippen LogP contribution in [0.1, 0.15) is 33.1 Å². The summed E-state index contributed by atoms with van der Waals surface area (Å²) in [5, 5.41) is 5.61. The molecule has 0 saturated carbocycles. The molecule has 4 nitrogen and oxygen atoms in total. The Hall–Kier alpha value is -1.36. The number of anilines is 2. The monoisotopic (exact) mass is 281 g/mol. The maximum atomic E-state index is 11.7. The van der Waals surface area contributed by atoms with E-state index in [0.29, 0.717) is 17.9 Å². The number of amides is 2. The minimum atomic E-state index is -0.196. The lowest BCUT2D eigenvalue weighted by Crippen LogP contribution is -2.29. The Bertz CT molecular complexity index is 410. The predicted octanol–water partition coefficient (Wildman–Crippen LogP) is 3.69. The minimum absolute atomic E-state index is 0.196. The van der Waals surface area contributed by atoms with Crippen molar-refractivity contribution in [1.29, 1.82) is 0 Å². The molecule has 0 radical (unpaired) electrons. The lowest BCUT2D eigenvalue weighted by atomic mass is 10.3. The topological polar surface area (TPSA) is 67.2 Å². The number of nitrogens with one attached hydrogen (secondary N) is 2. The molecule has 0 spiro atoms. The van der Waals surface area contributed by atoms with E-state index in [4.69, 9.17) is 5.73 Å². The maximum absolute atomic E-state index is 11.7. The lowest BCUT2D eigenvalue weighted by Gasteiger charge is -2.11. The minimum Gasteiger partial charge on any atom is -0.397 e. The molecule has 19 heavy (non-hydrogen) atoms. The van der Waals surface area contributed by atoms with Crippen molar-refractivity contribution in [2.75, 3.05) is 23.3 Å². The smallest absolute Gasteiger partial charge is 0.319 e. The highest BCUT2D eigenvalue weighted by Gasteiger charge is 2.05. The Kier molecular flexibility index (Phi) is 7.18. The lowest BCUT2D eigenvalue weighted by molar-refractivity contribution is 0.252. The number of nitrogen functional groups attached to an aromatic ring is 1. The predicted molar refractivity (Wildman–Crippen MR) is 83.8 cm³/mol. The highest BCUT2D eigenvalue weighted by molar-refractivity contribution is 7.99. The van der Waals surface area contributed by atoms with Gasteiger partial charge in [-0.05, 0) is 36.8 Å². The molecule has 2 amide bonds. The first-order valence-electron chi connectivity index (χ1n) is 6.74. The summed E-state index contributed by atoms with van der Waals surface area (Å²) in [6.07, 6.45) is 3.16. The summed E-state index contributed by atoms with van der Waals surface area (Å²) in [5.41, 5.74) is 7.13. The van der Waals surface area contributed by atoms with E-state index < -0.39 is 0 Å². The summed E-state index contributed by atoms with van der Waals surface area (Å²) >= 11 is 1.76. The van der Waals surface area contributed by atoms with Crippen molar-refractivity contribution in [3.63, 3.8) is 0 Å². The molecule has 1 rings (SSSR count). The van der Waals surface area contributed by atoms with Crippen LogP contribution in [0.5, 0.6) is 0 Å². The van der Waals surface area contributed by atoms with Gasteiger partial charge in [0.25, 0.3) is 0 Å². The van der Waals surface area contributed by atoms with E-state index in [1.807, 2.05) is 18.2 Å². The van der Waals surface area contributed by atoms with Gasteiger partial charge in [-0.15, -0.1) is 11.8 Å². The summed E-state index contributed by atoms with van der Waals surface area (Å²) < 4.78 is 0. The fraction of sp³-hybridized carbons (Fsp3) is 0.500. The van der Waals surface area contributed by atoms with Crippen LogP contribution in [0.25, 0.3) is 0 Å². The first-order chi connectivity index (χ1) is 9.17. The Morgan fingerprint density at radius 2 is 2.11 bits per heavy atom. The van der Waals surface area contributed by atoms with Crippen LogP contribution < -0.4 is 16.4 Å². The molecule has 0 aliphatic rings. The van der Waals surface area contributed by atoms with E-state index in [9.17, 15) is 4.79 Å². The Morgan fingerprint density at radius 3 is 2.79 bits per heavy atom. The molecule has 0 atom stereocenters. The fourth-order valence-electron chi connectivity index (χ4n) is 1.50. The van der Waals surface area contributed by atoms with Crippen molar-refractivity contribution >= 4 is 29.2 Å². The van der Waals surface area contributed by atoms with Crippen molar-refractivity contribution < 1.29 is 4.79 Å². The van der Waals surface area contributed by atoms with Gasteiger partial charge < -0.3 is 16.4 Å². The number of urea groups is 1. The van der Waals surface area contributed by atoms with Crippen molar-refractivity contribution in [1.82, 2.24) is 5.32 Å². The van der Waals surface area contributed by atoms with E-state index in [0.717, 1.165) is 29.9 Å². The molecule has 0 fully saturated rings. The van der Waals surface area contributed by atoms with Crippen LogP contribution >= 0.6 is 11.8 Å². The van der Waals surface area contributed by atoms with Crippen LogP contribution in [0.2, 0.25) is 0 Å². The van der Waals surface area contributed by atoms with Gasteiger partial charge in [0.1, 0.15) is 0 Å². The zero-order chi connectivity index (χ0) is 14.1. The molecule has 1 aromatic rings. The van der Waals surface area contributed by atoms with Crippen molar-refractivity contribution in [3.05, 3.63) is 18.2 Å². The molecular weight excluding hydrogens is 258 g/mol.